The molecule has 1 aliphatic heterocycles. The van der Waals surface area contributed by atoms with E-state index in [1.165, 1.54) is 0 Å². The van der Waals surface area contributed by atoms with Crippen LogP contribution in [0.3, 0.4) is 0 Å². The fourth-order valence-corrected chi connectivity index (χ4v) is 4.99. The number of aromatic nitrogens is 2. The van der Waals surface area contributed by atoms with Crippen LogP contribution in [-0.2, 0) is 14.6 Å². The molecule has 7 heteroatoms. The van der Waals surface area contributed by atoms with Crippen molar-refractivity contribution in [3.63, 3.8) is 0 Å². The third-order valence-electron chi connectivity index (χ3n) is 4.90. The van der Waals surface area contributed by atoms with Crippen LogP contribution in [0.1, 0.15) is 24.1 Å². The first-order valence-electron chi connectivity index (χ1n) is 9.57. The van der Waals surface area contributed by atoms with E-state index in [4.69, 9.17) is 4.74 Å². The Balaban J connectivity index is 1.56. The molecular weight excluding hydrogens is 400 g/mol. The summed E-state index contributed by atoms with van der Waals surface area (Å²) in [4.78, 5) is 9.00. The maximum absolute atomic E-state index is 12.8. The number of sulfone groups is 1. The Hall–Kier alpha value is -3.21. The monoisotopic (exact) mass is 420 g/mol. The molecule has 0 spiro atoms. The van der Waals surface area contributed by atoms with Gasteiger partial charge in [0.15, 0.2) is 9.84 Å². The first-order chi connectivity index (χ1) is 14.5. The van der Waals surface area contributed by atoms with Gasteiger partial charge in [0.25, 0.3) is 0 Å². The van der Waals surface area contributed by atoms with Crippen LogP contribution >= 0.6 is 0 Å². The normalized spacial score (nSPS) is 14.7. The van der Waals surface area contributed by atoms with E-state index in [2.05, 4.69) is 21.8 Å². The van der Waals surface area contributed by atoms with Crippen LogP contribution in [0.25, 0.3) is 11.3 Å². The molecule has 1 aliphatic rings. The second-order valence-corrected chi connectivity index (χ2v) is 9.20. The molecule has 3 aromatic rings. The molecule has 0 atom stereocenters. The molecule has 4 rings (SSSR count). The van der Waals surface area contributed by atoms with Gasteiger partial charge in [-0.25, -0.2) is 13.4 Å². The lowest BCUT2D eigenvalue weighted by atomic mass is 10.1. The summed E-state index contributed by atoms with van der Waals surface area (Å²) in [6.07, 6.45) is 4.22. The molecule has 1 fully saturated rings. The summed E-state index contributed by atoms with van der Waals surface area (Å²) in [5.74, 6) is 6.03. The average Bonchev–Trinajstić information content (AvgIpc) is 2.79. The first kappa shape index (κ1) is 20.1. The number of phenols is 1. The maximum Gasteiger partial charge on any atom is 0.181 e. The predicted molar refractivity (Wildman–Crippen MR) is 113 cm³/mol. The van der Waals surface area contributed by atoms with E-state index in [9.17, 15) is 13.5 Å². The van der Waals surface area contributed by atoms with Crippen LogP contribution in [0.15, 0.2) is 65.8 Å². The van der Waals surface area contributed by atoms with E-state index >= 15 is 0 Å². The summed E-state index contributed by atoms with van der Waals surface area (Å²) < 4.78 is 30.9. The summed E-state index contributed by atoms with van der Waals surface area (Å²) >= 11 is 0. The Morgan fingerprint density at radius 2 is 1.77 bits per heavy atom. The van der Waals surface area contributed by atoms with E-state index in [1.54, 1.807) is 60.9 Å². The van der Waals surface area contributed by atoms with Gasteiger partial charge < -0.3 is 9.84 Å². The molecular formula is C23H20N2O4S. The minimum atomic E-state index is -3.37. The van der Waals surface area contributed by atoms with Gasteiger partial charge in [0.1, 0.15) is 11.4 Å². The van der Waals surface area contributed by atoms with Crippen LogP contribution in [0.5, 0.6) is 5.75 Å². The highest BCUT2D eigenvalue weighted by Crippen LogP contribution is 2.26. The summed E-state index contributed by atoms with van der Waals surface area (Å²) in [5, 5.41) is 9.13. The third kappa shape index (κ3) is 4.51. The number of nitrogens with zero attached hydrogens (tertiary/aromatic N) is 2. The second kappa shape index (κ2) is 8.66. The van der Waals surface area contributed by atoms with E-state index in [0.29, 0.717) is 47.9 Å². The molecule has 1 aromatic heterocycles. The Labute approximate surface area is 175 Å². The van der Waals surface area contributed by atoms with Crippen molar-refractivity contribution in [3.05, 3.63) is 72.2 Å². The van der Waals surface area contributed by atoms with Crippen molar-refractivity contribution < 1.29 is 18.3 Å². The lowest BCUT2D eigenvalue weighted by molar-refractivity contribution is 0.0983. The number of phenolic OH excluding ortho intramolecular Hbond substituents is 1. The molecule has 2 heterocycles. The van der Waals surface area contributed by atoms with Crippen LogP contribution < -0.4 is 0 Å². The second-order valence-electron chi connectivity index (χ2n) is 6.97. The number of hydrogen-bond acceptors (Lipinski definition) is 6. The number of ether oxygens (including phenoxy) is 1. The highest BCUT2D eigenvalue weighted by Gasteiger charge is 2.29. The molecule has 0 saturated carbocycles. The van der Waals surface area contributed by atoms with E-state index in [0.717, 1.165) is 5.56 Å². The van der Waals surface area contributed by atoms with Crippen molar-refractivity contribution in [2.45, 2.75) is 23.0 Å². The predicted octanol–water partition coefficient (Wildman–Crippen LogP) is 3.20. The number of benzene rings is 2. The highest BCUT2D eigenvalue weighted by molar-refractivity contribution is 7.92. The zero-order valence-corrected chi connectivity index (χ0v) is 17.0. The molecule has 1 N–H and O–H groups in total. The van der Waals surface area contributed by atoms with E-state index in [1.807, 2.05) is 0 Å². The highest BCUT2D eigenvalue weighted by atomic mass is 32.2. The van der Waals surface area contributed by atoms with Gasteiger partial charge in [-0.15, -0.1) is 0 Å². The van der Waals surface area contributed by atoms with Crippen molar-refractivity contribution in [1.29, 1.82) is 0 Å². The van der Waals surface area contributed by atoms with Gasteiger partial charge >= 0.3 is 0 Å². The van der Waals surface area contributed by atoms with Gasteiger partial charge in [0, 0.05) is 24.3 Å². The first-order valence-corrected chi connectivity index (χ1v) is 11.1. The SMILES string of the molecule is O=S(=O)(c1ccc(-c2cncc(C#Cc3cccc(O)c3)n2)cc1)C1CCOCC1. The molecule has 152 valence electrons. The minimum absolute atomic E-state index is 0.150. The van der Waals surface area contributed by atoms with Crippen molar-refractivity contribution >= 4 is 9.84 Å². The van der Waals surface area contributed by atoms with Crippen LogP contribution in [0.4, 0.5) is 0 Å². The fourth-order valence-electron chi connectivity index (χ4n) is 3.28. The molecule has 0 radical (unpaired) electrons. The van der Waals surface area contributed by atoms with Gasteiger partial charge in [-0.3, -0.25) is 4.98 Å². The van der Waals surface area contributed by atoms with Crippen molar-refractivity contribution in [3.8, 4) is 28.8 Å². The van der Waals surface area contributed by atoms with Crippen molar-refractivity contribution in [2.24, 2.45) is 0 Å². The standard InChI is InChI=1S/C23H20N2O4S/c26-20-3-1-2-17(14-20)4-7-19-15-24-16-23(25-19)18-5-8-21(9-6-18)30(27,28)22-10-12-29-13-11-22/h1-3,5-6,8-9,14-16,22,26H,10-13H2. The molecule has 6 nitrogen and oxygen atoms in total. The Morgan fingerprint density at radius 3 is 2.50 bits per heavy atom. The third-order valence-corrected chi connectivity index (χ3v) is 7.18. The van der Waals surface area contributed by atoms with Crippen molar-refractivity contribution in [1.82, 2.24) is 9.97 Å². The summed E-state index contributed by atoms with van der Waals surface area (Å²) in [6.45, 7) is 0.960. The summed E-state index contributed by atoms with van der Waals surface area (Å²) in [7, 11) is -3.37. The Kier molecular flexibility index (Phi) is 5.79. The van der Waals surface area contributed by atoms with Gasteiger partial charge in [0.05, 0.1) is 28.2 Å². The fraction of sp³-hybridized carbons (Fsp3) is 0.217. The molecule has 2 aromatic carbocycles. The zero-order valence-electron chi connectivity index (χ0n) is 16.2. The molecule has 0 unspecified atom stereocenters. The molecule has 0 aliphatic carbocycles. The van der Waals surface area contributed by atoms with Crippen molar-refractivity contribution in [2.75, 3.05) is 13.2 Å². The number of aromatic hydroxyl groups is 1. The molecule has 0 amide bonds. The zero-order chi connectivity index (χ0) is 21.0. The van der Waals surface area contributed by atoms with Crippen LogP contribution in [0, 0.1) is 11.8 Å². The summed E-state index contributed by atoms with van der Waals surface area (Å²) in [5.41, 5.74) is 2.52. The van der Waals surface area contributed by atoms with Gasteiger partial charge in [-0.2, -0.15) is 0 Å². The lowest BCUT2D eigenvalue weighted by Crippen LogP contribution is -2.28. The minimum Gasteiger partial charge on any atom is -0.508 e. The molecule has 30 heavy (non-hydrogen) atoms. The Morgan fingerprint density at radius 1 is 1.00 bits per heavy atom. The Bertz CT molecular complexity index is 1210. The average molecular weight is 420 g/mol. The van der Waals surface area contributed by atoms with Gasteiger partial charge in [-0.05, 0) is 49.1 Å². The largest absolute Gasteiger partial charge is 0.508 e. The van der Waals surface area contributed by atoms with Gasteiger partial charge in [-0.1, -0.05) is 24.1 Å². The quantitative estimate of drug-likeness (QED) is 0.655. The summed E-state index contributed by atoms with van der Waals surface area (Å²) in [6, 6.07) is 13.4. The maximum atomic E-state index is 12.8. The molecule has 0 bridgehead atoms. The van der Waals surface area contributed by atoms with Crippen LogP contribution in [0.2, 0.25) is 0 Å². The van der Waals surface area contributed by atoms with Gasteiger partial charge in [0.2, 0.25) is 0 Å². The van der Waals surface area contributed by atoms with E-state index in [-0.39, 0.29) is 5.75 Å². The lowest BCUT2D eigenvalue weighted by Gasteiger charge is -2.22. The van der Waals surface area contributed by atoms with Crippen LogP contribution in [-0.4, -0.2) is 42.0 Å². The topological polar surface area (TPSA) is 89.4 Å². The molecule has 1 saturated heterocycles. The smallest absolute Gasteiger partial charge is 0.181 e. The number of hydrogen-bond donors (Lipinski definition) is 1. The number of rotatable bonds is 3. The van der Waals surface area contributed by atoms with E-state index < -0.39 is 15.1 Å².